The zero-order valence-corrected chi connectivity index (χ0v) is 16.9. The van der Waals surface area contributed by atoms with E-state index >= 15 is 0 Å². The van der Waals surface area contributed by atoms with Gasteiger partial charge in [-0.25, -0.2) is 8.42 Å². The second-order valence-electron chi connectivity index (χ2n) is 7.99. The lowest BCUT2D eigenvalue weighted by Gasteiger charge is -2.56. The molecule has 0 radical (unpaired) electrons. The second kappa shape index (κ2) is 6.04. The molecule has 26 heavy (non-hydrogen) atoms. The third kappa shape index (κ3) is 2.86. The molecule has 0 saturated carbocycles. The van der Waals surface area contributed by atoms with Crippen molar-refractivity contribution < 1.29 is 13.2 Å². The van der Waals surface area contributed by atoms with Crippen LogP contribution < -0.4 is 5.32 Å². The van der Waals surface area contributed by atoms with Crippen molar-refractivity contribution in [3.05, 3.63) is 29.1 Å². The van der Waals surface area contributed by atoms with Crippen LogP contribution in [0.25, 0.3) is 10.1 Å². The number of nitrogens with zero attached hydrogens (tertiary/aromatic N) is 1. The van der Waals surface area contributed by atoms with Gasteiger partial charge in [0.15, 0.2) is 9.84 Å². The number of fused-ring (bicyclic) bond motifs is 4. The molecule has 0 unspecified atom stereocenters. The average Bonchev–Trinajstić information content (AvgIpc) is 3.01. The smallest absolute Gasteiger partial charge is 0.261 e. The predicted molar refractivity (Wildman–Crippen MR) is 105 cm³/mol. The van der Waals surface area contributed by atoms with Crippen molar-refractivity contribution in [1.82, 2.24) is 10.2 Å². The van der Waals surface area contributed by atoms with Gasteiger partial charge in [0, 0.05) is 17.8 Å². The largest absolute Gasteiger partial charge is 0.346 e. The van der Waals surface area contributed by atoms with Gasteiger partial charge >= 0.3 is 0 Å². The van der Waals surface area contributed by atoms with E-state index in [0.29, 0.717) is 20.4 Å². The topological polar surface area (TPSA) is 66.5 Å². The first kappa shape index (κ1) is 17.9. The van der Waals surface area contributed by atoms with E-state index in [4.69, 9.17) is 0 Å². The van der Waals surface area contributed by atoms with E-state index in [1.165, 1.54) is 17.6 Å². The molecule has 1 aromatic carbocycles. The van der Waals surface area contributed by atoms with Crippen molar-refractivity contribution in [3.63, 3.8) is 0 Å². The van der Waals surface area contributed by atoms with Crippen LogP contribution in [0, 0.1) is 5.92 Å². The highest BCUT2D eigenvalue weighted by Gasteiger charge is 2.48. The number of carbonyl (C=O) groups is 1. The molecule has 1 atom stereocenters. The third-order valence-corrected chi connectivity index (χ3v) is 8.46. The highest BCUT2D eigenvalue weighted by Crippen LogP contribution is 2.39. The zero-order valence-electron chi connectivity index (χ0n) is 15.3. The molecule has 1 aromatic heterocycles. The number of benzene rings is 1. The van der Waals surface area contributed by atoms with Gasteiger partial charge in [0.1, 0.15) is 0 Å². The van der Waals surface area contributed by atoms with Crippen LogP contribution in [0.15, 0.2) is 29.2 Å². The maximum atomic E-state index is 12.9. The van der Waals surface area contributed by atoms with Crippen LogP contribution in [0.4, 0.5) is 0 Å². The van der Waals surface area contributed by atoms with E-state index in [1.54, 1.807) is 18.2 Å². The van der Waals surface area contributed by atoms with Gasteiger partial charge in [-0.2, -0.15) is 0 Å². The number of thiophene rings is 1. The number of carbonyl (C=O) groups excluding carboxylic acids is 1. The molecule has 7 heteroatoms. The van der Waals surface area contributed by atoms with Gasteiger partial charge in [0.05, 0.1) is 14.5 Å². The third-order valence-electron chi connectivity index (χ3n) is 6.00. The summed E-state index contributed by atoms with van der Waals surface area (Å²) in [6.45, 7) is 6.61. The lowest BCUT2D eigenvalue weighted by atomic mass is 9.72. The van der Waals surface area contributed by atoms with Gasteiger partial charge in [-0.3, -0.25) is 9.69 Å². The molecular formula is C19H24N2O3S2. The molecule has 3 fully saturated rings. The fraction of sp³-hybridized carbons (Fsp3) is 0.526. The van der Waals surface area contributed by atoms with Crippen LogP contribution in [0.1, 0.15) is 36.4 Å². The van der Waals surface area contributed by atoms with Gasteiger partial charge in [-0.05, 0) is 63.2 Å². The summed E-state index contributed by atoms with van der Waals surface area (Å²) >= 11 is 1.26. The maximum Gasteiger partial charge on any atom is 0.261 e. The highest BCUT2D eigenvalue weighted by molar-refractivity contribution is 7.91. The fourth-order valence-corrected chi connectivity index (χ4v) is 6.86. The summed E-state index contributed by atoms with van der Waals surface area (Å²) in [5, 5.41) is 4.06. The van der Waals surface area contributed by atoms with Crippen LogP contribution in [0.3, 0.4) is 0 Å². The molecule has 4 heterocycles. The van der Waals surface area contributed by atoms with Gasteiger partial charge in [0.25, 0.3) is 5.91 Å². The fourth-order valence-electron chi connectivity index (χ4n) is 4.53. The van der Waals surface area contributed by atoms with E-state index < -0.39 is 9.84 Å². The summed E-state index contributed by atoms with van der Waals surface area (Å²) in [6.07, 6.45) is 3.45. The van der Waals surface area contributed by atoms with Crippen molar-refractivity contribution in [2.24, 2.45) is 5.92 Å². The Bertz CT molecular complexity index is 970. The van der Waals surface area contributed by atoms with E-state index in [-0.39, 0.29) is 17.5 Å². The highest BCUT2D eigenvalue weighted by atomic mass is 32.2. The summed E-state index contributed by atoms with van der Waals surface area (Å²) in [5.74, 6) is 0.414. The predicted octanol–water partition coefficient (Wildman–Crippen LogP) is 2.91. The quantitative estimate of drug-likeness (QED) is 0.872. The standard InChI is InChI=1S/C19H24N2O3S2/c1-19(2)17(12-7-9-21(19)10-8-12)20-18(22)14-11-13-5-4-6-15(16(13)25-14)26(3,23)24/h4-6,11-12,17H,7-10H2,1-3H3,(H,20,22)/t17-/m1/s1. The molecule has 5 rings (SSSR count). The molecular weight excluding hydrogens is 368 g/mol. The summed E-state index contributed by atoms with van der Waals surface area (Å²) in [5.41, 5.74) is -0.0502. The minimum absolute atomic E-state index is 0.0502. The van der Waals surface area contributed by atoms with Crippen molar-refractivity contribution >= 4 is 37.2 Å². The number of nitrogens with one attached hydrogen (secondary N) is 1. The first-order chi connectivity index (χ1) is 12.2. The molecule has 5 nitrogen and oxygen atoms in total. The minimum Gasteiger partial charge on any atom is -0.346 e. The van der Waals surface area contributed by atoms with E-state index in [9.17, 15) is 13.2 Å². The lowest BCUT2D eigenvalue weighted by molar-refractivity contribution is -0.0377. The van der Waals surface area contributed by atoms with Crippen LogP contribution in [-0.4, -0.2) is 50.2 Å². The second-order valence-corrected chi connectivity index (χ2v) is 11.0. The zero-order chi connectivity index (χ0) is 18.7. The molecule has 0 aliphatic carbocycles. The number of amides is 1. The lowest BCUT2D eigenvalue weighted by Crippen LogP contribution is -2.69. The van der Waals surface area contributed by atoms with Gasteiger partial charge in [-0.15, -0.1) is 11.3 Å². The van der Waals surface area contributed by atoms with Crippen LogP contribution in [0.5, 0.6) is 0 Å². The van der Waals surface area contributed by atoms with Crippen molar-refractivity contribution in [2.75, 3.05) is 19.3 Å². The van der Waals surface area contributed by atoms with E-state index in [1.807, 2.05) is 6.07 Å². The summed E-state index contributed by atoms with van der Waals surface area (Å²) in [7, 11) is -3.32. The Balaban J connectivity index is 1.65. The Hall–Kier alpha value is -1.44. The molecule has 2 aromatic rings. The SMILES string of the molecule is CC1(C)[C@H](NC(=O)c2cc3cccc(S(C)(=O)=O)c3s2)C2CCN1CC2. The Kier molecular flexibility index (Phi) is 4.17. The summed E-state index contributed by atoms with van der Waals surface area (Å²) in [6, 6.07) is 7.11. The Morgan fingerprint density at radius 3 is 2.58 bits per heavy atom. The number of rotatable bonds is 3. The van der Waals surface area contributed by atoms with Gasteiger partial charge in [0.2, 0.25) is 0 Å². The Morgan fingerprint density at radius 2 is 1.96 bits per heavy atom. The molecule has 140 valence electrons. The number of hydrogen-bond donors (Lipinski definition) is 1. The van der Waals surface area contributed by atoms with Crippen molar-refractivity contribution in [2.45, 2.75) is 43.2 Å². The Labute approximate surface area is 158 Å². The monoisotopic (exact) mass is 392 g/mol. The van der Waals surface area contributed by atoms with Crippen LogP contribution in [0.2, 0.25) is 0 Å². The summed E-state index contributed by atoms with van der Waals surface area (Å²) < 4.78 is 24.7. The van der Waals surface area contributed by atoms with Crippen molar-refractivity contribution in [3.8, 4) is 0 Å². The first-order valence-electron chi connectivity index (χ1n) is 8.96. The van der Waals surface area contributed by atoms with E-state index in [0.717, 1.165) is 31.3 Å². The summed E-state index contributed by atoms with van der Waals surface area (Å²) in [4.78, 5) is 16.3. The van der Waals surface area contributed by atoms with E-state index in [2.05, 4.69) is 24.1 Å². The maximum absolute atomic E-state index is 12.9. The van der Waals surface area contributed by atoms with Crippen molar-refractivity contribution in [1.29, 1.82) is 0 Å². The minimum atomic E-state index is -3.32. The van der Waals surface area contributed by atoms with Crippen LogP contribution >= 0.6 is 11.3 Å². The molecule has 2 bridgehead atoms. The molecule has 3 aliphatic rings. The normalized spacial score (nSPS) is 27.6. The molecule has 0 spiro atoms. The molecule has 1 amide bonds. The molecule has 3 saturated heterocycles. The Morgan fingerprint density at radius 1 is 1.27 bits per heavy atom. The number of hydrogen-bond acceptors (Lipinski definition) is 5. The number of piperidine rings is 3. The average molecular weight is 393 g/mol. The van der Waals surface area contributed by atoms with Gasteiger partial charge < -0.3 is 5.32 Å². The molecule has 1 N–H and O–H groups in total. The number of sulfone groups is 1. The first-order valence-corrected chi connectivity index (χ1v) is 11.7. The van der Waals surface area contributed by atoms with Gasteiger partial charge in [-0.1, -0.05) is 12.1 Å². The molecule has 3 aliphatic heterocycles. The van der Waals surface area contributed by atoms with Crippen LogP contribution in [-0.2, 0) is 9.84 Å².